The van der Waals surface area contributed by atoms with Crippen molar-refractivity contribution in [3.63, 3.8) is 0 Å². The van der Waals surface area contributed by atoms with E-state index >= 15 is 0 Å². The van der Waals surface area contributed by atoms with E-state index in [1.165, 1.54) is 24.6 Å². The number of benzene rings is 2. The Morgan fingerprint density at radius 2 is 1.47 bits per heavy atom. The van der Waals surface area contributed by atoms with E-state index < -0.39 is 0 Å². The molecule has 0 aliphatic heterocycles. The number of rotatable bonds is 6. The minimum atomic E-state index is 0.00493. The lowest BCUT2D eigenvalue weighted by atomic mass is 10.0. The van der Waals surface area contributed by atoms with Crippen molar-refractivity contribution in [3.8, 4) is 22.5 Å². The van der Waals surface area contributed by atoms with Gasteiger partial charge in [-0.3, -0.25) is 4.79 Å². The lowest BCUT2D eigenvalue weighted by Gasteiger charge is -2.12. The van der Waals surface area contributed by atoms with Gasteiger partial charge in [0.15, 0.2) is 0 Å². The van der Waals surface area contributed by atoms with E-state index in [0.29, 0.717) is 32.6 Å². The maximum Gasteiger partial charge on any atom is 0.230 e. The van der Waals surface area contributed by atoms with E-state index in [1.54, 1.807) is 12.1 Å². The van der Waals surface area contributed by atoms with Crippen molar-refractivity contribution < 1.29 is 4.79 Å². The largest absolute Gasteiger partial charge is 0.353 e. The molecular formula is C22H20Cl2N4OS. The molecule has 1 aliphatic carbocycles. The third-order valence-corrected chi connectivity index (χ3v) is 6.30. The van der Waals surface area contributed by atoms with Crippen LogP contribution in [0.25, 0.3) is 22.5 Å². The average molecular weight is 459 g/mol. The van der Waals surface area contributed by atoms with Gasteiger partial charge in [0.25, 0.3) is 0 Å². The number of thioether (sulfide) groups is 1. The van der Waals surface area contributed by atoms with Gasteiger partial charge >= 0.3 is 0 Å². The summed E-state index contributed by atoms with van der Waals surface area (Å²) in [5.41, 5.74) is 3.06. The molecule has 3 aromatic rings. The molecule has 1 amide bonds. The average Bonchev–Trinajstić information content (AvgIpc) is 3.26. The standard InChI is InChI=1S/C22H20Cl2N4OS/c23-16-9-5-14(6-10-16)20-21(15-7-11-17(24)12-8-15)27-28-22(26-20)30-13-19(29)25-18-3-1-2-4-18/h5-12,18H,1-4,13H2,(H,25,29). The number of aromatic nitrogens is 3. The zero-order valence-corrected chi connectivity index (χ0v) is 18.5. The van der Waals surface area contributed by atoms with E-state index in [4.69, 9.17) is 28.2 Å². The van der Waals surface area contributed by atoms with Gasteiger partial charge in [0.05, 0.1) is 5.75 Å². The first-order valence-electron chi connectivity index (χ1n) is 9.77. The van der Waals surface area contributed by atoms with Crippen LogP contribution in [0, 0.1) is 0 Å². The molecule has 30 heavy (non-hydrogen) atoms. The van der Waals surface area contributed by atoms with E-state index in [9.17, 15) is 4.79 Å². The van der Waals surface area contributed by atoms with Crippen LogP contribution in [0.2, 0.25) is 10.0 Å². The van der Waals surface area contributed by atoms with E-state index in [1.807, 2.05) is 36.4 Å². The molecule has 1 N–H and O–H groups in total. The Labute approximate surface area is 189 Å². The summed E-state index contributed by atoms with van der Waals surface area (Å²) in [4.78, 5) is 17.0. The molecule has 1 fully saturated rings. The van der Waals surface area contributed by atoms with Crippen LogP contribution >= 0.6 is 35.0 Å². The predicted molar refractivity (Wildman–Crippen MR) is 122 cm³/mol. The van der Waals surface area contributed by atoms with E-state index in [-0.39, 0.29) is 11.7 Å². The zero-order chi connectivity index (χ0) is 20.9. The fraction of sp³-hybridized carbons (Fsp3) is 0.273. The van der Waals surface area contributed by atoms with Crippen molar-refractivity contribution in [2.45, 2.75) is 36.9 Å². The van der Waals surface area contributed by atoms with Gasteiger partial charge in [-0.1, -0.05) is 72.1 Å². The van der Waals surface area contributed by atoms with Crippen LogP contribution < -0.4 is 5.32 Å². The molecule has 5 nitrogen and oxygen atoms in total. The Bertz CT molecular complexity index is 1020. The molecule has 1 saturated carbocycles. The van der Waals surface area contributed by atoms with Crippen LogP contribution in [0.3, 0.4) is 0 Å². The fourth-order valence-electron chi connectivity index (χ4n) is 3.45. The van der Waals surface area contributed by atoms with Crippen molar-refractivity contribution >= 4 is 40.9 Å². The summed E-state index contributed by atoms with van der Waals surface area (Å²) in [7, 11) is 0. The Hall–Kier alpha value is -2.15. The van der Waals surface area contributed by atoms with Gasteiger partial charge < -0.3 is 5.32 Å². The summed E-state index contributed by atoms with van der Waals surface area (Å²) in [6.45, 7) is 0. The number of halogens is 2. The number of nitrogens with one attached hydrogen (secondary N) is 1. The smallest absolute Gasteiger partial charge is 0.230 e. The molecular weight excluding hydrogens is 439 g/mol. The normalized spacial score (nSPS) is 14.1. The van der Waals surface area contributed by atoms with Crippen LogP contribution in [0.15, 0.2) is 53.7 Å². The molecule has 154 valence electrons. The van der Waals surface area contributed by atoms with Crippen molar-refractivity contribution in [1.82, 2.24) is 20.5 Å². The molecule has 1 heterocycles. The second-order valence-corrected chi connectivity index (χ2v) is 8.96. The quantitative estimate of drug-likeness (QED) is 0.482. The number of carbonyl (C=O) groups is 1. The lowest BCUT2D eigenvalue weighted by Crippen LogP contribution is -2.33. The number of amides is 1. The van der Waals surface area contributed by atoms with Crippen LogP contribution in [0.4, 0.5) is 0 Å². The summed E-state index contributed by atoms with van der Waals surface area (Å²) in [6, 6.07) is 15.1. The third-order valence-electron chi connectivity index (χ3n) is 4.96. The van der Waals surface area contributed by atoms with Gasteiger partial charge in [0.1, 0.15) is 11.4 Å². The molecule has 0 spiro atoms. The Morgan fingerprint density at radius 3 is 2.07 bits per heavy atom. The van der Waals surface area contributed by atoms with E-state index in [2.05, 4.69) is 15.5 Å². The minimum Gasteiger partial charge on any atom is -0.353 e. The summed E-state index contributed by atoms with van der Waals surface area (Å²) in [6.07, 6.45) is 4.49. The van der Waals surface area contributed by atoms with Gasteiger partial charge in [-0.15, -0.1) is 10.2 Å². The first-order valence-corrected chi connectivity index (χ1v) is 11.5. The monoisotopic (exact) mass is 458 g/mol. The highest BCUT2D eigenvalue weighted by Gasteiger charge is 2.18. The van der Waals surface area contributed by atoms with Gasteiger partial charge in [-0.25, -0.2) is 4.98 Å². The van der Waals surface area contributed by atoms with Crippen LogP contribution in [0.5, 0.6) is 0 Å². The van der Waals surface area contributed by atoms with Gasteiger partial charge in [-0.2, -0.15) is 0 Å². The molecule has 8 heteroatoms. The molecule has 0 radical (unpaired) electrons. The molecule has 1 aromatic heterocycles. The van der Waals surface area contributed by atoms with Crippen LogP contribution in [-0.2, 0) is 4.79 Å². The van der Waals surface area contributed by atoms with Gasteiger partial charge in [0.2, 0.25) is 11.1 Å². The van der Waals surface area contributed by atoms with Crippen LogP contribution in [0.1, 0.15) is 25.7 Å². The highest BCUT2D eigenvalue weighted by Crippen LogP contribution is 2.31. The Morgan fingerprint density at radius 1 is 0.900 bits per heavy atom. The fourth-order valence-corrected chi connectivity index (χ4v) is 4.30. The number of carbonyl (C=O) groups excluding carboxylic acids is 1. The first-order chi connectivity index (χ1) is 14.6. The third kappa shape index (κ3) is 5.31. The number of nitrogens with zero attached hydrogens (tertiary/aromatic N) is 3. The zero-order valence-electron chi connectivity index (χ0n) is 16.1. The Balaban J connectivity index is 1.58. The molecule has 4 rings (SSSR count). The molecule has 0 saturated heterocycles. The number of hydrogen-bond donors (Lipinski definition) is 1. The highest BCUT2D eigenvalue weighted by atomic mass is 35.5. The molecule has 1 aliphatic rings. The van der Waals surface area contributed by atoms with Gasteiger partial charge in [-0.05, 0) is 37.1 Å². The Kier molecular flexibility index (Phi) is 6.87. The second kappa shape index (κ2) is 9.77. The second-order valence-electron chi connectivity index (χ2n) is 7.14. The topological polar surface area (TPSA) is 67.8 Å². The van der Waals surface area contributed by atoms with E-state index in [0.717, 1.165) is 24.0 Å². The van der Waals surface area contributed by atoms with Crippen molar-refractivity contribution in [3.05, 3.63) is 58.6 Å². The van der Waals surface area contributed by atoms with Gasteiger partial charge in [0, 0.05) is 27.2 Å². The van der Waals surface area contributed by atoms with Crippen molar-refractivity contribution in [2.24, 2.45) is 0 Å². The first kappa shape index (κ1) is 21.1. The summed E-state index contributed by atoms with van der Waals surface area (Å²) in [5.74, 6) is 0.267. The van der Waals surface area contributed by atoms with Crippen molar-refractivity contribution in [2.75, 3.05) is 5.75 Å². The predicted octanol–water partition coefficient (Wildman–Crippen LogP) is 5.66. The molecule has 0 unspecified atom stereocenters. The van der Waals surface area contributed by atoms with Crippen LogP contribution in [-0.4, -0.2) is 32.9 Å². The highest BCUT2D eigenvalue weighted by molar-refractivity contribution is 7.99. The summed E-state index contributed by atoms with van der Waals surface area (Å²) < 4.78 is 0. The lowest BCUT2D eigenvalue weighted by molar-refractivity contribution is -0.119. The molecule has 2 aromatic carbocycles. The van der Waals surface area contributed by atoms with Crippen molar-refractivity contribution in [1.29, 1.82) is 0 Å². The maximum atomic E-state index is 12.2. The minimum absolute atomic E-state index is 0.00493. The SMILES string of the molecule is O=C(CSc1nnc(-c2ccc(Cl)cc2)c(-c2ccc(Cl)cc2)n1)NC1CCCC1. The molecule has 0 bridgehead atoms. The number of hydrogen-bond acceptors (Lipinski definition) is 5. The maximum absolute atomic E-state index is 12.2. The molecule has 0 atom stereocenters. The summed E-state index contributed by atoms with van der Waals surface area (Å²) >= 11 is 13.4. The summed E-state index contributed by atoms with van der Waals surface area (Å²) in [5, 5.41) is 13.5.